The van der Waals surface area contributed by atoms with Crippen LogP contribution in [0, 0.1) is 17.8 Å². The molecule has 4 saturated carbocycles. The van der Waals surface area contributed by atoms with Gasteiger partial charge in [-0.1, -0.05) is 13.3 Å². The van der Waals surface area contributed by atoms with Crippen LogP contribution in [0.5, 0.6) is 0 Å². The number of aryl methyl sites for hydroxylation is 1. The van der Waals surface area contributed by atoms with Crippen LogP contribution in [0.1, 0.15) is 57.7 Å². The second kappa shape index (κ2) is 5.32. The van der Waals surface area contributed by atoms with Gasteiger partial charge in [0.2, 0.25) is 5.28 Å². The predicted molar refractivity (Wildman–Crippen MR) is 97.9 cm³/mol. The van der Waals surface area contributed by atoms with E-state index in [0.29, 0.717) is 17.7 Å². The minimum atomic E-state index is -0.0428. The van der Waals surface area contributed by atoms with Gasteiger partial charge in [0.1, 0.15) is 5.82 Å². The molecule has 2 atom stereocenters. The molecule has 6 rings (SSSR count). The van der Waals surface area contributed by atoms with Crippen LogP contribution in [0.3, 0.4) is 0 Å². The molecule has 25 heavy (non-hydrogen) atoms. The lowest BCUT2D eigenvalue weighted by Gasteiger charge is -2.32. The third-order valence-electron chi connectivity index (χ3n) is 7.12. The standard InChI is InChI=1S/C19H25ClN4O/c1-3-4-5-24-16(25)14-15(22-18(24)20)21-17(23(14)2)19-9-11-6-12(10-19)8-13(19)7-11/h11-13H,3-10H2,1-2H3. The van der Waals surface area contributed by atoms with E-state index in [0.717, 1.165) is 36.4 Å². The first-order valence-corrected chi connectivity index (χ1v) is 10.0. The molecule has 6 heteroatoms. The van der Waals surface area contributed by atoms with Crippen LogP contribution >= 0.6 is 11.6 Å². The highest BCUT2D eigenvalue weighted by atomic mass is 35.5. The normalized spacial score (nSPS) is 33.0. The van der Waals surface area contributed by atoms with Gasteiger partial charge in [-0.2, -0.15) is 4.98 Å². The zero-order chi connectivity index (χ0) is 17.3. The average molecular weight is 361 g/mol. The van der Waals surface area contributed by atoms with Crippen molar-refractivity contribution >= 4 is 22.8 Å². The second-order valence-corrected chi connectivity index (χ2v) is 8.90. The largest absolute Gasteiger partial charge is 0.325 e. The Labute approximate surface area is 152 Å². The Morgan fingerprint density at radius 2 is 1.92 bits per heavy atom. The summed E-state index contributed by atoms with van der Waals surface area (Å²) in [5.74, 6) is 3.54. The first kappa shape index (κ1) is 15.9. The van der Waals surface area contributed by atoms with Crippen molar-refractivity contribution in [1.82, 2.24) is 19.1 Å². The molecule has 4 bridgehead atoms. The molecular weight excluding hydrogens is 336 g/mol. The summed E-state index contributed by atoms with van der Waals surface area (Å²) in [4.78, 5) is 22.4. The van der Waals surface area contributed by atoms with Gasteiger partial charge < -0.3 is 4.57 Å². The fourth-order valence-corrected chi connectivity index (χ4v) is 6.52. The first-order chi connectivity index (χ1) is 12.0. The molecule has 4 aliphatic carbocycles. The van der Waals surface area contributed by atoms with Crippen molar-refractivity contribution in [2.24, 2.45) is 24.8 Å². The molecule has 0 radical (unpaired) electrons. The minimum Gasteiger partial charge on any atom is -0.325 e. The van der Waals surface area contributed by atoms with E-state index < -0.39 is 0 Å². The maximum Gasteiger partial charge on any atom is 0.280 e. The van der Waals surface area contributed by atoms with Crippen LogP contribution in [-0.2, 0) is 19.0 Å². The zero-order valence-corrected chi connectivity index (χ0v) is 15.7. The molecule has 2 unspecified atom stereocenters. The molecule has 0 amide bonds. The van der Waals surface area contributed by atoms with Gasteiger partial charge in [0.15, 0.2) is 11.2 Å². The number of hydrogen-bond donors (Lipinski definition) is 0. The lowest BCUT2D eigenvalue weighted by molar-refractivity contribution is 0.259. The highest BCUT2D eigenvalue weighted by Gasteiger charge is 2.60. The van der Waals surface area contributed by atoms with Crippen molar-refractivity contribution in [2.75, 3.05) is 0 Å². The monoisotopic (exact) mass is 360 g/mol. The van der Waals surface area contributed by atoms with E-state index in [-0.39, 0.29) is 16.3 Å². The average Bonchev–Trinajstić information content (AvgIpc) is 3.11. The summed E-state index contributed by atoms with van der Waals surface area (Å²) in [6.45, 7) is 2.73. The van der Waals surface area contributed by atoms with Gasteiger partial charge in [0, 0.05) is 19.0 Å². The summed E-state index contributed by atoms with van der Waals surface area (Å²) in [5.41, 5.74) is 1.28. The molecule has 2 aromatic heterocycles. The first-order valence-electron chi connectivity index (χ1n) is 9.66. The molecule has 4 fully saturated rings. The van der Waals surface area contributed by atoms with Crippen molar-refractivity contribution < 1.29 is 0 Å². The Hall–Kier alpha value is -1.36. The smallest absolute Gasteiger partial charge is 0.280 e. The lowest BCUT2D eigenvalue weighted by Crippen LogP contribution is -2.31. The summed E-state index contributed by atoms with van der Waals surface area (Å²) in [5, 5.41) is 0.269. The predicted octanol–water partition coefficient (Wildman–Crippen LogP) is 3.66. The third-order valence-corrected chi connectivity index (χ3v) is 7.40. The van der Waals surface area contributed by atoms with E-state index in [1.807, 2.05) is 11.6 Å². The summed E-state index contributed by atoms with van der Waals surface area (Å²) in [6, 6.07) is 0. The second-order valence-electron chi connectivity index (χ2n) is 8.56. The van der Waals surface area contributed by atoms with Crippen molar-refractivity contribution in [2.45, 2.75) is 63.8 Å². The maximum atomic E-state index is 13.0. The van der Waals surface area contributed by atoms with Gasteiger partial charge in [-0.15, -0.1) is 0 Å². The molecule has 0 N–H and O–H groups in total. The number of hydrogen-bond acceptors (Lipinski definition) is 3. The summed E-state index contributed by atoms with van der Waals surface area (Å²) < 4.78 is 3.65. The zero-order valence-electron chi connectivity index (χ0n) is 15.0. The summed E-state index contributed by atoms with van der Waals surface area (Å²) >= 11 is 6.31. The Bertz CT molecular complexity index is 900. The van der Waals surface area contributed by atoms with Crippen molar-refractivity contribution in [3.05, 3.63) is 21.5 Å². The molecule has 0 aliphatic heterocycles. The van der Waals surface area contributed by atoms with E-state index in [2.05, 4.69) is 11.9 Å². The van der Waals surface area contributed by atoms with Crippen LogP contribution in [0.2, 0.25) is 5.28 Å². The number of nitrogens with zero attached hydrogens (tertiary/aromatic N) is 4. The number of unbranched alkanes of at least 4 members (excludes halogenated alkanes) is 1. The van der Waals surface area contributed by atoms with Crippen LogP contribution in [0.15, 0.2) is 4.79 Å². The van der Waals surface area contributed by atoms with Crippen molar-refractivity contribution in [3.63, 3.8) is 0 Å². The van der Waals surface area contributed by atoms with E-state index in [1.165, 1.54) is 32.1 Å². The van der Waals surface area contributed by atoms with Crippen LogP contribution in [-0.4, -0.2) is 19.1 Å². The van der Waals surface area contributed by atoms with Crippen LogP contribution in [0.25, 0.3) is 11.2 Å². The van der Waals surface area contributed by atoms with Gasteiger partial charge in [0.25, 0.3) is 5.56 Å². The van der Waals surface area contributed by atoms with Crippen molar-refractivity contribution in [3.8, 4) is 0 Å². The molecular formula is C19H25ClN4O. The van der Waals surface area contributed by atoms with Gasteiger partial charge in [0.05, 0.1) is 0 Å². The number of fused-ring (bicyclic) bond motifs is 1. The van der Waals surface area contributed by atoms with Crippen LogP contribution in [0.4, 0.5) is 0 Å². The molecule has 0 spiro atoms. The highest BCUT2D eigenvalue weighted by molar-refractivity contribution is 6.28. The number of halogens is 1. The quantitative estimate of drug-likeness (QED) is 0.782. The van der Waals surface area contributed by atoms with E-state index >= 15 is 0 Å². The van der Waals surface area contributed by atoms with Gasteiger partial charge in [-0.3, -0.25) is 9.36 Å². The highest BCUT2D eigenvalue weighted by Crippen LogP contribution is 2.65. The molecule has 0 saturated heterocycles. The fourth-order valence-electron chi connectivity index (χ4n) is 6.28. The summed E-state index contributed by atoms with van der Waals surface area (Å²) in [7, 11) is 2.00. The van der Waals surface area contributed by atoms with Crippen molar-refractivity contribution in [1.29, 1.82) is 0 Å². The number of rotatable bonds is 4. The SMILES string of the molecule is CCCCn1c(Cl)nc2nc(C34CC5CC(CC3C5)C4)n(C)c2c1=O. The fraction of sp³-hybridized carbons (Fsp3) is 0.737. The Kier molecular flexibility index (Phi) is 3.38. The van der Waals surface area contributed by atoms with Crippen LogP contribution < -0.4 is 5.56 Å². The van der Waals surface area contributed by atoms with E-state index in [9.17, 15) is 4.79 Å². The Balaban J connectivity index is 1.68. The lowest BCUT2D eigenvalue weighted by atomic mass is 9.75. The van der Waals surface area contributed by atoms with E-state index in [4.69, 9.17) is 16.6 Å². The number of aromatic nitrogens is 4. The molecule has 5 nitrogen and oxygen atoms in total. The minimum absolute atomic E-state index is 0.0428. The van der Waals surface area contributed by atoms with E-state index in [1.54, 1.807) is 4.57 Å². The molecule has 134 valence electrons. The Morgan fingerprint density at radius 3 is 2.60 bits per heavy atom. The molecule has 2 aromatic rings. The number of imidazole rings is 1. The molecule has 0 aromatic carbocycles. The Morgan fingerprint density at radius 1 is 1.20 bits per heavy atom. The van der Waals surface area contributed by atoms with Gasteiger partial charge in [-0.05, 0) is 67.9 Å². The third kappa shape index (κ3) is 2.05. The van der Waals surface area contributed by atoms with Gasteiger partial charge in [-0.25, -0.2) is 4.98 Å². The van der Waals surface area contributed by atoms with Gasteiger partial charge >= 0.3 is 0 Å². The summed E-state index contributed by atoms with van der Waals surface area (Å²) in [6.07, 6.45) is 8.50. The maximum absolute atomic E-state index is 13.0. The topological polar surface area (TPSA) is 52.7 Å². The molecule has 2 heterocycles. The molecule has 4 aliphatic rings.